The van der Waals surface area contributed by atoms with Crippen LogP contribution in [0, 0.1) is 6.92 Å². The van der Waals surface area contributed by atoms with E-state index in [4.69, 9.17) is 14.0 Å². The second kappa shape index (κ2) is 9.23. The molecule has 0 fully saturated rings. The Morgan fingerprint density at radius 3 is 2.68 bits per heavy atom. The predicted octanol–water partition coefficient (Wildman–Crippen LogP) is 4.99. The monoisotopic (exact) mass is 442 g/mol. The third-order valence-electron chi connectivity index (χ3n) is 3.82. The molecule has 1 N–H and O–H groups in total. The summed E-state index contributed by atoms with van der Waals surface area (Å²) < 4.78 is 17.1. The van der Waals surface area contributed by atoms with Gasteiger partial charge in [-0.1, -0.05) is 27.2 Å². The number of halogens is 1. The number of ether oxygens (including phenoxy) is 2. The highest BCUT2D eigenvalue weighted by molar-refractivity contribution is 9.10. The number of rotatable bonds is 7. The smallest absolute Gasteiger partial charge is 0.249 e. The van der Waals surface area contributed by atoms with Crippen molar-refractivity contribution < 1.29 is 18.8 Å². The van der Waals surface area contributed by atoms with Gasteiger partial charge in [-0.25, -0.2) is 0 Å². The van der Waals surface area contributed by atoms with Crippen molar-refractivity contribution in [2.24, 2.45) is 0 Å². The third kappa shape index (κ3) is 5.47. The lowest BCUT2D eigenvalue weighted by Crippen LogP contribution is -2.07. The van der Waals surface area contributed by atoms with Gasteiger partial charge in [-0.15, -0.1) is 0 Å². The molecule has 1 heterocycles. The van der Waals surface area contributed by atoms with Crippen molar-refractivity contribution in [2.45, 2.75) is 13.5 Å². The average Bonchev–Trinajstić information content (AvgIpc) is 3.10. The molecule has 1 amide bonds. The predicted molar refractivity (Wildman–Crippen MR) is 110 cm³/mol. The standard InChI is InChI=1S/C21H19BrN2O4/c1-14-11-20(24-28-14)23-21(25)10-4-15-3-9-19(26-2)16(12-15)13-27-18-7-5-17(22)6-8-18/h3-12H,13H2,1-2H3,(H,23,24,25). The highest BCUT2D eigenvalue weighted by Gasteiger charge is 2.06. The molecule has 0 aliphatic rings. The molecule has 0 unspecified atom stereocenters. The van der Waals surface area contributed by atoms with Crippen LogP contribution in [0.5, 0.6) is 11.5 Å². The van der Waals surface area contributed by atoms with Crippen LogP contribution in [0.2, 0.25) is 0 Å². The number of hydrogen-bond acceptors (Lipinski definition) is 5. The molecule has 3 rings (SSSR count). The van der Waals surface area contributed by atoms with Crippen LogP contribution in [0.3, 0.4) is 0 Å². The summed E-state index contributed by atoms with van der Waals surface area (Å²) in [4.78, 5) is 12.0. The second-order valence-corrected chi connectivity index (χ2v) is 6.87. The number of anilines is 1. The number of carbonyl (C=O) groups excluding carboxylic acids is 1. The first-order valence-electron chi connectivity index (χ1n) is 8.51. The summed E-state index contributed by atoms with van der Waals surface area (Å²) in [6.45, 7) is 2.10. The number of hydrogen-bond donors (Lipinski definition) is 1. The third-order valence-corrected chi connectivity index (χ3v) is 4.35. The van der Waals surface area contributed by atoms with Gasteiger partial charge < -0.3 is 19.3 Å². The lowest BCUT2D eigenvalue weighted by atomic mass is 10.1. The summed E-state index contributed by atoms with van der Waals surface area (Å²) in [5.74, 6) is 2.19. The van der Waals surface area contributed by atoms with E-state index < -0.39 is 0 Å². The zero-order valence-electron chi connectivity index (χ0n) is 15.4. The first-order chi connectivity index (χ1) is 13.5. The normalized spacial score (nSPS) is 10.8. The molecular weight excluding hydrogens is 424 g/mol. The van der Waals surface area contributed by atoms with Gasteiger partial charge in [-0.05, 0) is 55.0 Å². The van der Waals surface area contributed by atoms with Gasteiger partial charge in [0.2, 0.25) is 5.91 Å². The van der Waals surface area contributed by atoms with E-state index in [0.717, 1.165) is 27.1 Å². The minimum atomic E-state index is -0.295. The maximum atomic E-state index is 12.0. The first kappa shape index (κ1) is 19.7. The first-order valence-corrected chi connectivity index (χ1v) is 9.30. The lowest BCUT2D eigenvalue weighted by molar-refractivity contribution is -0.111. The van der Waals surface area contributed by atoms with Crippen LogP contribution in [-0.4, -0.2) is 18.2 Å². The lowest BCUT2D eigenvalue weighted by Gasteiger charge is -2.11. The molecule has 1 aromatic heterocycles. The van der Waals surface area contributed by atoms with Gasteiger partial charge in [-0.2, -0.15) is 0 Å². The highest BCUT2D eigenvalue weighted by atomic mass is 79.9. The number of amides is 1. The molecule has 0 radical (unpaired) electrons. The van der Waals surface area contributed by atoms with E-state index in [9.17, 15) is 4.79 Å². The van der Waals surface area contributed by atoms with Crippen LogP contribution in [0.4, 0.5) is 5.82 Å². The zero-order valence-corrected chi connectivity index (χ0v) is 17.0. The number of nitrogens with one attached hydrogen (secondary N) is 1. The van der Waals surface area contributed by atoms with Crippen molar-refractivity contribution in [3.8, 4) is 11.5 Å². The van der Waals surface area contributed by atoms with Gasteiger partial charge in [0, 0.05) is 22.2 Å². The Bertz CT molecular complexity index is 980. The Kier molecular flexibility index (Phi) is 6.49. The molecule has 7 heteroatoms. The molecule has 2 aromatic carbocycles. The Labute approximate surface area is 171 Å². The van der Waals surface area contributed by atoms with Gasteiger partial charge in [0.25, 0.3) is 0 Å². The summed E-state index contributed by atoms with van der Waals surface area (Å²) in [7, 11) is 1.61. The molecule has 0 aliphatic heterocycles. The zero-order chi connectivity index (χ0) is 19.9. The molecule has 3 aromatic rings. The molecule has 28 heavy (non-hydrogen) atoms. The van der Waals surface area contributed by atoms with Gasteiger partial charge in [0.1, 0.15) is 23.9 Å². The molecule has 6 nitrogen and oxygen atoms in total. The van der Waals surface area contributed by atoms with Gasteiger partial charge in [0.05, 0.1) is 7.11 Å². The maximum Gasteiger partial charge on any atom is 0.249 e. The van der Waals surface area contributed by atoms with E-state index in [2.05, 4.69) is 26.4 Å². The van der Waals surface area contributed by atoms with Crippen molar-refractivity contribution >= 4 is 33.7 Å². The van der Waals surface area contributed by atoms with Gasteiger partial charge in [0.15, 0.2) is 5.82 Å². The van der Waals surface area contributed by atoms with Crippen molar-refractivity contribution in [3.05, 3.63) is 76.0 Å². The quantitative estimate of drug-likeness (QED) is 0.521. The summed E-state index contributed by atoms with van der Waals surface area (Å²) in [5, 5.41) is 6.37. The fraction of sp³-hybridized carbons (Fsp3) is 0.143. The Morgan fingerprint density at radius 2 is 2.00 bits per heavy atom. The number of benzene rings is 2. The number of methoxy groups -OCH3 is 1. The topological polar surface area (TPSA) is 73.6 Å². The highest BCUT2D eigenvalue weighted by Crippen LogP contribution is 2.24. The Morgan fingerprint density at radius 1 is 1.21 bits per heavy atom. The summed E-state index contributed by atoms with van der Waals surface area (Å²) in [5.41, 5.74) is 1.72. The molecule has 0 saturated heterocycles. The SMILES string of the molecule is COc1ccc(C=CC(=O)Nc2cc(C)on2)cc1COc1ccc(Br)cc1. The molecule has 0 bridgehead atoms. The molecular formula is C21H19BrN2O4. The molecule has 0 spiro atoms. The summed E-state index contributed by atoms with van der Waals surface area (Å²) in [6, 6.07) is 14.9. The van der Waals surface area contributed by atoms with Crippen LogP contribution in [-0.2, 0) is 11.4 Å². The van der Waals surface area contributed by atoms with Crippen molar-refractivity contribution in [1.29, 1.82) is 0 Å². The number of carbonyl (C=O) groups is 1. The van der Waals surface area contributed by atoms with Crippen molar-refractivity contribution in [3.63, 3.8) is 0 Å². The maximum absolute atomic E-state index is 12.0. The largest absolute Gasteiger partial charge is 0.496 e. The van der Waals surface area contributed by atoms with Crippen LogP contribution in [0.25, 0.3) is 6.08 Å². The summed E-state index contributed by atoms with van der Waals surface area (Å²) in [6.07, 6.45) is 3.15. The van der Waals surface area contributed by atoms with E-state index >= 15 is 0 Å². The molecule has 0 atom stereocenters. The van der Waals surface area contributed by atoms with E-state index in [1.807, 2.05) is 42.5 Å². The van der Waals surface area contributed by atoms with E-state index in [1.54, 1.807) is 26.2 Å². The Balaban J connectivity index is 1.67. The number of aryl methyl sites for hydroxylation is 1. The molecule has 0 aliphatic carbocycles. The second-order valence-electron chi connectivity index (χ2n) is 5.96. The fourth-order valence-electron chi connectivity index (χ4n) is 2.47. The fourth-order valence-corrected chi connectivity index (χ4v) is 2.74. The van der Waals surface area contributed by atoms with Crippen LogP contribution in [0.1, 0.15) is 16.9 Å². The van der Waals surface area contributed by atoms with Gasteiger partial charge >= 0.3 is 0 Å². The van der Waals surface area contributed by atoms with Crippen molar-refractivity contribution in [1.82, 2.24) is 5.16 Å². The summed E-state index contributed by atoms with van der Waals surface area (Å²) >= 11 is 3.40. The Hall–Kier alpha value is -3.06. The average molecular weight is 443 g/mol. The van der Waals surface area contributed by atoms with E-state index in [0.29, 0.717) is 18.2 Å². The van der Waals surface area contributed by atoms with E-state index in [-0.39, 0.29) is 5.91 Å². The van der Waals surface area contributed by atoms with Crippen LogP contribution in [0.15, 0.2) is 63.6 Å². The van der Waals surface area contributed by atoms with Crippen molar-refractivity contribution in [2.75, 3.05) is 12.4 Å². The molecule has 144 valence electrons. The minimum Gasteiger partial charge on any atom is -0.496 e. The van der Waals surface area contributed by atoms with Gasteiger partial charge in [-0.3, -0.25) is 4.79 Å². The minimum absolute atomic E-state index is 0.295. The van der Waals surface area contributed by atoms with Crippen LogP contribution < -0.4 is 14.8 Å². The molecule has 0 saturated carbocycles. The van der Waals surface area contributed by atoms with Crippen LogP contribution >= 0.6 is 15.9 Å². The van der Waals surface area contributed by atoms with E-state index in [1.165, 1.54) is 6.08 Å². The number of aromatic nitrogens is 1. The number of nitrogens with zero attached hydrogens (tertiary/aromatic N) is 1.